The minimum absolute atomic E-state index is 0.0863. The van der Waals surface area contributed by atoms with E-state index < -0.39 is 23.7 Å². The van der Waals surface area contributed by atoms with Crippen molar-refractivity contribution in [3.8, 4) is 0 Å². The van der Waals surface area contributed by atoms with Crippen LogP contribution in [0.2, 0.25) is 0 Å². The number of carboxylic acids is 1. The predicted molar refractivity (Wildman–Crippen MR) is 67.4 cm³/mol. The number of hydrogen-bond acceptors (Lipinski definition) is 2. The number of carboxylic acid groups (broad SMARTS) is 1. The minimum Gasteiger partial charge on any atom is -0.480 e. The van der Waals surface area contributed by atoms with Gasteiger partial charge in [-0.3, -0.25) is 4.79 Å². The van der Waals surface area contributed by atoms with Crippen molar-refractivity contribution >= 4 is 11.9 Å². The molecule has 5 heteroatoms. The third-order valence-corrected chi connectivity index (χ3v) is 3.63. The van der Waals surface area contributed by atoms with E-state index in [1.807, 2.05) is 6.92 Å². The highest BCUT2D eigenvalue weighted by molar-refractivity contribution is 5.97. The monoisotopic (exact) mass is 265 g/mol. The summed E-state index contributed by atoms with van der Waals surface area (Å²) in [6.45, 7) is 3.82. The second-order valence-corrected chi connectivity index (χ2v) is 5.01. The molecule has 0 bridgehead atoms. The molecule has 1 amide bonds. The quantitative estimate of drug-likeness (QED) is 0.890. The SMILES string of the molecule is Cc1ccc(C(=O)N2CCC(C)C2C(=O)O)cc1F. The van der Waals surface area contributed by atoms with Crippen LogP contribution >= 0.6 is 0 Å². The summed E-state index contributed by atoms with van der Waals surface area (Å²) in [5.41, 5.74) is 0.657. The van der Waals surface area contributed by atoms with E-state index in [-0.39, 0.29) is 11.5 Å². The van der Waals surface area contributed by atoms with Gasteiger partial charge in [-0.25, -0.2) is 9.18 Å². The number of rotatable bonds is 2. The van der Waals surface area contributed by atoms with Crippen LogP contribution in [0.4, 0.5) is 4.39 Å². The van der Waals surface area contributed by atoms with Crippen molar-refractivity contribution in [2.75, 3.05) is 6.54 Å². The zero-order valence-corrected chi connectivity index (χ0v) is 10.9. The first-order valence-corrected chi connectivity index (χ1v) is 6.21. The Bertz CT molecular complexity index is 529. The van der Waals surface area contributed by atoms with Crippen LogP contribution in [-0.2, 0) is 4.79 Å². The Morgan fingerprint density at radius 1 is 1.42 bits per heavy atom. The number of halogens is 1. The molecule has 0 saturated carbocycles. The number of likely N-dealkylation sites (tertiary alicyclic amines) is 1. The number of amides is 1. The molecule has 1 aromatic rings. The summed E-state index contributed by atoms with van der Waals surface area (Å²) < 4.78 is 13.5. The highest BCUT2D eigenvalue weighted by Gasteiger charge is 2.39. The first-order valence-electron chi connectivity index (χ1n) is 6.21. The van der Waals surface area contributed by atoms with E-state index in [0.717, 1.165) is 0 Å². The summed E-state index contributed by atoms with van der Waals surface area (Å²) in [5.74, 6) is -1.97. The molecule has 0 aromatic heterocycles. The summed E-state index contributed by atoms with van der Waals surface area (Å²) in [4.78, 5) is 24.8. The minimum atomic E-state index is -1.01. The molecule has 1 aliphatic heterocycles. The van der Waals surface area contributed by atoms with Crippen molar-refractivity contribution < 1.29 is 19.1 Å². The number of carbonyl (C=O) groups excluding carboxylic acids is 1. The Hall–Kier alpha value is -1.91. The van der Waals surface area contributed by atoms with Gasteiger partial charge < -0.3 is 10.0 Å². The fourth-order valence-corrected chi connectivity index (χ4v) is 2.44. The van der Waals surface area contributed by atoms with Gasteiger partial charge in [0.15, 0.2) is 0 Å². The molecule has 2 rings (SSSR count). The standard InChI is InChI=1S/C14H16FNO3/c1-8-3-4-10(7-11(8)15)13(17)16-6-5-9(2)12(16)14(18)19/h3-4,7,9,12H,5-6H2,1-2H3,(H,18,19). The fraction of sp³-hybridized carbons (Fsp3) is 0.429. The molecule has 1 aliphatic rings. The maximum absolute atomic E-state index is 13.5. The lowest BCUT2D eigenvalue weighted by Crippen LogP contribution is -2.42. The molecule has 2 unspecified atom stereocenters. The van der Waals surface area contributed by atoms with Crippen molar-refractivity contribution in [2.24, 2.45) is 5.92 Å². The molecule has 4 nitrogen and oxygen atoms in total. The molecule has 2 atom stereocenters. The lowest BCUT2D eigenvalue weighted by atomic mass is 10.0. The van der Waals surface area contributed by atoms with Crippen molar-refractivity contribution in [3.05, 3.63) is 35.1 Å². The van der Waals surface area contributed by atoms with E-state index in [1.54, 1.807) is 6.92 Å². The van der Waals surface area contributed by atoms with Crippen molar-refractivity contribution in [1.29, 1.82) is 0 Å². The maximum Gasteiger partial charge on any atom is 0.326 e. The summed E-state index contributed by atoms with van der Waals surface area (Å²) >= 11 is 0. The summed E-state index contributed by atoms with van der Waals surface area (Å²) in [7, 11) is 0. The number of benzene rings is 1. The lowest BCUT2D eigenvalue weighted by molar-refractivity contribution is -0.142. The number of aryl methyl sites for hydroxylation is 1. The van der Waals surface area contributed by atoms with Gasteiger partial charge in [-0.1, -0.05) is 13.0 Å². The first kappa shape index (κ1) is 13.5. The van der Waals surface area contributed by atoms with Crippen LogP contribution in [0, 0.1) is 18.7 Å². The van der Waals surface area contributed by atoms with E-state index in [4.69, 9.17) is 0 Å². The molecule has 1 N–H and O–H groups in total. The van der Waals surface area contributed by atoms with E-state index >= 15 is 0 Å². The first-order chi connectivity index (χ1) is 8.91. The van der Waals surface area contributed by atoms with E-state index in [9.17, 15) is 19.1 Å². The van der Waals surface area contributed by atoms with Gasteiger partial charge in [0.2, 0.25) is 0 Å². The van der Waals surface area contributed by atoms with Crippen molar-refractivity contribution in [3.63, 3.8) is 0 Å². The molecule has 1 heterocycles. The maximum atomic E-state index is 13.5. The average molecular weight is 265 g/mol. The molecule has 1 aromatic carbocycles. The Labute approximate surface area is 110 Å². The molecule has 102 valence electrons. The molecule has 0 radical (unpaired) electrons. The summed E-state index contributed by atoms with van der Waals surface area (Å²) in [5, 5.41) is 9.18. The zero-order chi connectivity index (χ0) is 14.2. The third-order valence-electron chi connectivity index (χ3n) is 3.63. The second-order valence-electron chi connectivity index (χ2n) is 5.01. The molecular weight excluding hydrogens is 249 g/mol. The second kappa shape index (κ2) is 4.99. The Kier molecular flexibility index (Phi) is 3.55. The molecule has 1 fully saturated rings. The van der Waals surface area contributed by atoms with Gasteiger partial charge >= 0.3 is 5.97 Å². The van der Waals surface area contributed by atoms with Gasteiger partial charge in [0.25, 0.3) is 5.91 Å². The molecule has 19 heavy (non-hydrogen) atoms. The Morgan fingerprint density at radius 2 is 2.11 bits per heavy atom. The number of nitrogens with zero attached hydrogens (tertiary/aromatic N) is 1. The molecule has 0 spiro atoms. The van der Waals surface area contributed by atoms with Gasteiger partial charge in [-0.2, -0.15) is 0 Å². The smallest absolute Gasteiger partial charge is 0.326 e. The number of hydrogen-bond donors (Lipinski definition) is 1. The summed E-state index contributed by atoms with van der Waals surface area (Å²) in [6, 6.07) is 3.40. The molecular formula is C14H16FNO3. The van der Waals surface area contributed by atoms with E-state index in [1.165, 1.54) is 23.1 Å². The Morgan fingerprint density at radius 3 is 2.68 bits per heavy atom. The molecule has 0 aliphatic carbocycles. The van der Waals surface area contributed by atoms with Gasteiger partial charge in [-0.15, -0.1) is 0 Å². The van der Waals surface area contributed by atoms with Gasteiger partial charge in [0, 0.05) is 12.1 Å². The van der Waals surface area contributed by atoms with Crippen molar-refractivity contribution in [1.82, 2.24) is 4.90 Å². The summed E-state index contributed by atoms with van der Waals surface area (Å²) in [6.07, 6.45) is 0.650. The molecule has 1 saturated heterocycles. The van der Waals surface area contributed by atoms with Crippen LogP contribution in [0.1, 0.15) is 29.3 Å². The predicted octanol–water partition coefficient (Wildman–Crippen LogP) is 2.07. The normalized spacial score (nSPS) is 22.6. The average Bonchev–Trinajstić information content (AvgIpc) is 2.74. The van der Waals surface area contributed by atoms with Crippen LogP contribution in [0.5, 0.6) is 0 Å². The van der Waals surface area contributed by atoms with E-state index in [0.29, 0.717) is 18.5 Å². The van der Waals surface area contributed by atoms with Crippen LogP contribution in [0.3, 0.4) is 0 Å². The number of aliphatic carboxylic acids is 1. The number of carbonyl (C=O) groups is 2. The van der Waals surface area contributed by atoms with Gasteiger partial charge in [-0.05, 0) is 37.0 Å². The van der Waals surface area contributed by atoms with Gasteiger partial charge in [0.1, 0.15) is 11.9 Å². The zero-order valence-electron chi connectivity index (χ0n) is 10.9. The highest BCUT2D eigenvalue weighted by Crippen LogP contribution is 2.26. The van der Waals surface area contributed by atoms with Crippen LogP contribution < -0.4 is 0 Å². The highest BCUT2D eigenvalue weighted by atomic mass is 19.1. The fourth-order valence-electron chi connectivity index (χ4n) is 2.44. The van der Waals surface area contributed by atoms with Crippen molar-refractivity contribution in [2.45, 2.75) is 26.3 Å². The van der Waals surface area contributed by atoms with Crippen LogP contribution in [0.25, 0.3) is 0 Å². The van der Waals surface area contributed by atoms with E-state index in [2.05, 4.69) is 0 Å². The topological polar surface area (TPSA) is 57.6 Å². The largest absolute Gasteiger partial charge is 0.480 e. The van der Waals surface area contributed by atoms with Crippen LogP contribution in [-0.4, -0.2) is 34.5 Å². The Balaban J connectivity index is 2.28. The lowest BCUT2D eigenvalue weighted by Gasteiger charge is -2.23. The third kappa shape index (κ3) is 2.45. The van der Waals surface area contributed by atoms with Crippen LogP contribution in [0.15, 0.2) is 18.2 Å². The van der Waals surface area contributed by atoms with Gasteiger partial charge in [0.05, 0.1) is 0 Å².